The predicted octanol–water partition coefficient (Wildman–Crippen LogP) is 2.08. The van der Waals surface area contributed by atoms with Gasteiger partial charge in [-0.2, -0.15) is 5.26 Å². The number of nitrogens with zero attached hydrogens (tertiary/aromatic N) is 3. The highest BCUT2D eigenvalue weighted by Crippen LogP contribution is 2.23. The van der Waals surface area contributed by atoms with Crippen LogP contribution in [0.15, 0.2) is 11.6 Å². The number of carbonyl (C=O) groups excluding carboxylic acids is 1. The first kappa shape index (κ1) is 18.2. The number of hydrogen-bond donors (Lipinski definition) is 0. The first-order chi connectivity index (χ1) is 11.5. The quantitative estimate of drug-likeness (QED) is 0.612. The molecule has 1 amide bonds. The van der Waals surface area contributed by atoms with E-state index in [1.165, 1.54) is 0 Å². The summed E-state index contributed by atoms with van der Waals surface area (Å²) in [6.07, 6.45) is 1.69. The number of carbonyl (C=O) groups is 1. The maximum absolute atomic E-state index is 12.5. The third kappa shape index (κ3) is 3.86. The summed E-state index contributed by atoms with van der Waals surface area (Å²) in [5.41, 5.74) is 3.17. The summed E-state index contributed by atoms with van der Waals surface area (Å²) < 4.78 is 12.7. The first-order valence-electron chi connectivity index (χ1n) is 8.15. The van der Waals surface area contributed by atoms with E-state index in [0.717, 1.165) is 17.0 Å². The molecule has 2 heterocycles. The smallest absolute Gasteiger partial charge is 0.264 e. The maximum atomic E-state index is 12.5. The van der Waals surface area contributed by atoms with Crippen LogP contribution in [-0.2, 0) is 14.3 Å². The zero-order valence-electron chi connectivity index (χ0n) is 14.8. The van der Waals surface area contributed by atoms with E-state index in [1.54, 1.807) is 18.1 Å². The third-order valence-electron chi connectivity index (χ3n) is 4.32. The lowest BCUT2D eigenvalue weighted by Gasteiger charge is -2.26. The van der Waals surface area contributed by atoms with Gasteiger partial charge in [0.2, 0.25) is 0 Å². The molecule has 0 aliphatic carbocycles. The van der Waals surface area contributed by atoms with Crippen LogP contribution in [0.4, 0.5) is 0 Å². The SMILES string of the molecule is COCC(C)n1c(C)cc(/C=C(\C#N)C(=O)N2CCOCC2)c1C. The Bertz CT molecular complexity index is 664. The lowest BCUT2D eigenvalue weighted by Crippen LogP contribution is -2.41. The molecule has 0 bridgehead atoms. The molecule has 0 N–H and O–H groups in total. The minimum atomic E-state index is -0.226. The number of morpholine rings is 1. The number of aryl methyl sites for hydroxylation is 1. The molecule has 2 rings (SSSR count). The van der Waals surface area contributed by atoms with Gasteiger partial charge in [-0.3, -0.25) is 4.79 Å². The van der Waals surface area contributed by atoms with E-state index in [2.05, 4.69) is 17.6 Å². The van der Waals surface area contributed by atoms with E-state index in [4.69, 9.17) is 9.47 Å². The highest BCUT2D eigenvalue weighted by molar-refractivity contribution is 6.01. The molecule has 1 unspecified atom stereocenters. The molecule has 1 fully saturated rings. The Morgan fingerprint density at radius 3 is 2.71 bits per heavy atom. The average Bonchev–Trinajstić information content (AvgIpc) is 2.86. The fourth-order valence-electron chi connectivity index (χ4n) is 3.18. The number of hydrogen-bond acceptors (Lipinski definition) is 4. The summed E-state index contributed by atoms with van der Waals surface area (Å²) in [5, 5.41) is 9.42. The lowest BCUT2D eigenvalue weighted by atomic mass is 10.1. The van der Waals surface area contributed by atoms with Gasteiger partial charge >= 0.3 is 0 Å². The molecule has 130 valence electrons. The van der Waals surface area contributed by atoms with E-state index >= 15 is 0 Å². The molecular weight excluding hydrogens is 306 g/mol. The number of amides is 1. The van der Waals surface area contributed by atoms with Crippen molar-refractivity contribution >= 4 is 12.0 Å². The molecule has 1 aromatic rings. The van der Waals surface area contributed by atoms with Gasteiger partial charge in [0.1, 0.15) is 11.6 Å². The number of nitriles is 1. The average molecular weight is 331 g/mol. The van der Waals surface area contributed by atoms with E-state index in [-0.39, 0.29) is 17.5 Å². The Hall–Kier alpha value is -2.10. The van der Waals surface area contributed by atoms with Gasteiger partial charge in [0.15, 0.2) is 0 Å². The summed E-state index contributed by atoms with van der Waals surface area (Å²) in [6, 6.07) is 4.25. The maximum Gasteiger partial charge on any atom is 0.264 e. The van der Waals surface area contributed by atoms with Gasteiger partial charge in [-0.25, -0.2) is 0 Å². The van der Waals surface area contributed by atoms with Crippen molar-refractivity contribution in [2.24, 2.45) is 0 Å². The fourth-order valence-corrected chi connectivity index (χ4v) is 3.18. The van der Waals surface area contributed by atoms with Crippen LogP contribution in [0.3, 0.4) is 0 Å². The Labute approximate surface area is 143 Å². The molecule has 0 saturated carbocycles. The van der Waals surface area contributed by atoms with Crippen LogP contribution in [0.2, 0.25) is 0 Å². The van der Waals surface area contributed by atoms with Crippen molar-refractivity contribution in [1.82, 2.24) is 9.47 Å². The summed E-state index contributed by atoms with van der Waals surface area (Å²) in [5.74, 6) is -0.226. The highest BCUT2D eigenvalue weighted by Gasteiger charge is 2.21. The Balaban J connectivity index is 2.29. The second-order valence-corrected chi connectivity index (χ2v) is 6.08. The van der Waals surface area contributed by atoms with Gasteiger partial charge in [-0.1, -0.05) is 0 Å². The monoisotopic (exact) mass is 331 g/mol. The Morgan fingerprint density at radius 2 is 2.12 bits per heavy atom. The molecule has 1 saturated heterocycles. The Morgan fingerprint density at radius 1 is 1.46 bits per heavy atom. The second-order valence-electron chi connectivity index (χ2n) is 6.08. The van der Waals surface area contributed by atoms with Crippen molar-refractivity contribution in [2.45, 2.75) is 26.8 Å². The molecule has 1 aliphatic rings. The molecule has 1 aromatic heterocycles. The Kier molecular flexibility index (Phi) is 6.18. The number of methoxy groups -OCH3 is 1. The first-order valence-corrected chi connectivity index (χ1v) is 8.15. The van der Waals surface area contributed by atoms with Crippen molar-refractivity contribution < 1.29 is 14.3 Å². The van der Waals surface area contributed by atoms with Crippen molar-refractivity contribution in [2.75, 3.05) is 40.0 Å². The molecule has 0 radical (unpaired) electrons. The topological polar surface area (TPSA) is 67.5 Å². The number of ether oxygens (including phenoxy) is 2. The van der Waals surface area contributed by atoms with Crippen molar-refractivity contribution in [3.63, 3.8) is 0 Å². The third-order valence-corrected chi connectivity index (χ3v) is 4.32. The summed E-state index contributed by atoms with van der Waals surface area (Å²) >= 11 is 0. The van der Waals surface area contributed by atoms with Gasteiger partial charge in [-0.15, -0.1) is 0 Å². The van der Waals surface area contributed by atoms with Gasteiger partial charge in [0, 0.05) is 31.6 Å². The van der Waals surface area contributed by atoms with Crippen molar-refractivity contribution in [3.05, 3.63) is 28.6 Å². The molecule has 24 heavy (non-hydrogen) atoms. The fraction of sp³-hybridized carbons (Fsp3) is 0.556. The molecular formula is C18H25N3O3. The molecule has 6 nitrogen and oxygen atoms in total. The van der Waals surface area contributed by atoms with Gasteiger partial charge < -0.3 is 18.9 Å². The normalized spacial score (nSPS) is 16.8. The van der Waals surface area contributed by atoms with E-state index < -0.39 is 0 Å². The largest absolute Gasteiger partial charge is 0.383 e. The van der Waals surface area contributed by atoms with Crippen molar-refractivity contribution in [1.29, 1.82) is 5.26 Å². The summed E-state index contributed by atoms with van der Waals surface area (Å²) in [6.45, 7) is 8.81. The van der Waals surface area contributed by atoms with Gasteiger partial charge in [0.25, 0.3) is 5.91 Å². The standard InChI is InChI=1S/C18H25N3O3/c1-13-9-16(15(3)21(13)14(2)12-23-4)10-17(11-19)18(22)20-5-7-24-8-6-20/h9-10,14H,5-8,12H2,1-4H3/b17-10+. The van der Waals surface area contributed by atoms with Crippen LogP contribution >= 0.6 is 0 Å². The number of rotatable bonds is 5. The zero-order chi connectivity index (χ0) is 17.7. The molecule has 6 heteroatoms. The van der Waals surface area contributed by atoms with Crippen LogP contribution in [0.1, 0.15) is 29.9 Å². The van der Waals surface area contributed by atoms with Gasteiger partial charge in [-0.05, 0) is 38.5 Å². The minimum Gasteiger partial charge on any atom is -0.383 e. The van der Waals surface area contributed by atoms with Crippen LogP contribution in [-0.4, -0.2) is 55.4 Å². The predicted molar refractivity (Wildman–Crippen MR) is 91.5 cm³/mol. The molecule has 0 spiro atoms. The summed E-state index contributed by atoms with van der Waals surface area (Å²) in [4.78, 5) is 14.2. The highest BCUT2D eigenvalue weighted by atomic mass is 16.5. The van der Waals surface area contributed by atoms with Crippen molar-refractivity contribution in [3.8, 4) is 6.07 Å². The minimum absolute atomic E-state index is 0.163. The zero-order valence-corrected chi connectivity index (χ0v) is 14.8. The van der Waals surface area contributed by atoms with Crippen LogP contribution in [0.5, 0.6) is 0 Å². The molecule has 1 atom stereocenters. The van der Waals surface area contributed by atoms with E-state index in [9.17, 15) is 10.1 Å². The molecule has 1 aliphatic heterocycles. The van der Waals surface area contributed by atoms with E-state index in [0.29, 0.717) is 32.9 Å². The van der Waals surface area contributed by atoms with Gasteiger partial charge in [0.05, 0.1) is 25.9 Å². The van der Waals surface area contributed by atoms with Crippen LogP contribution in [0.25, 0.3) is 6.08 Å². The second kappa shape index (κ2) is 8.13. The van der Waals surface area contributed by atoms with Crippen LogP contribution in [0, 0.1) is 25.2 Å². The molecule has 0 aromatic carbocycles. The lowest BCUT2D eigenvalue weighted by molar-refractivity contribution is -0.130. The number of aromatic nitrogens is 1. The van der Waals surface area contributed by atoms with Crippen LogP contribution < -0.4 is 0 Å². The summed E-state index contributed by atoms with van der Waals surface area (Å²) in [7, 11) is 1.68. The van der Waals surface area contributed by atoms with E-state index in [1.807, 2.05) is 19.9 Å².